The summed E-state index contributed by atoms with van der Waals surface area (Å²) < 4.78 is 1.79. The predicted octanol–water partition coefficient (Wildman–Crippen LogP) is 2.33. The van der Waals surface area contributed by atoms with Crippen LogP contribution in [0.1, 0.15) is 36.8 Å². The predicted molar refractivity (Wildman–Crippen MR) is 79.9 cm³/mol. The van der Waals surface area contributed by atoms with Gasteiger partial charge in [-0.05, 0) is 44.9 Å². The lowest BCUT2D eigenvalue weighted by Gasteiger charge is -2.10. The summed E-state index contributed by atoms with van der Waals surface area (Å²) in [5, 5.41) is 7.81. The summed E-state index contributed by atoms with van der Waals surface area (Å²) in [6, 6.07) is 4.11. The molecule has 2 aromatic rings. The molecule has 0 fully saturated rings. The number of hydrogen-bond acceptors (Lipinski definition) is 4. The number of aryl methyl sites for hydroxylation is 3. The van der Waals surface area contributed by atoms with Gasteiger partial charge in [0.05, 0.1) is 0 Å². The van der Waals surface area contributed by atoms with Crippen LogP contribution in [0.4, 0.5) is 0 Å². The van der Waals surface area contributed by atoms with Gasteiger partial charge in [0, 0.05) is 12.2 Å². The Morgan fingerprint density at radius 2 is 1.90 bits per heavy atom. The van der Waals surface area contributed by atoms with Gasteiger partial charge < -0.3 is 5.32 Å². The van der Waals surface area contributed by atoms with E-state index in [9.17, 15) is 0 Å². The average Bonchev–Trinajstić information content (AvgIpc) is 2.70. The van der Waals surface area contributed by atoms with Crippen LogP contribution in [0.15, 0.2) is 12.1 Å². The van der Waals surface area contributed by atoms with Gasteiger partial charge in [-0.3, -0.25) is 0 Å². The summed E-state index contributed by atoms with van der Waals surface area (Å²) in [6.45, 7) is 12.1. The summed E-state index contributed by atoms with van der Waals surface area (Å²) in [6.07, 6.45) is 0. The van der Waals surface area contributed by atoms with E-state index in [1.165, 1.54) is 5.56 Å². The normalized spacial score (nSPS) is 11.3. The van der Waals surface area contributed by atoms with Gasteiger partial charge in [0.2, 0.25) is 0 Å². The molecule has 5 heteroatoms. The van der Waals surface area contributed by atoms with Crippen LogP contribution in [0.2, 0.25) is 0 Å². The molecule has 2 aromatic heterocycles. The first-order valence-corrected chi connectivity index (χ1v) is 7.05. The Morgan fingerprint density at radius 1 is 1.15 bits per heavy atom. The van der Waals surface area contributed by atoms with E-state index in [1.54, 1.807) is 4.68 Å². The van der Waals surface area contributed by atoms with Crippen LogP contribution >= 0.6 is 0 Å². The van der Waals surface area contributed by atoms with Crippen LogP contribution < -0.4 is 5.32 Å². The highest BCUT2D eigenvalue weighted by Gasteiger charge is 2.08. The second kappa shape index (κ2) is 6.13. The fraction of sp³-hybridized carbons (Fsp3) is 0.533. The van der Waals surface area contributed by atoms with Crippen molar-refractivity contribution in [3.05, 3.63) is 35.0 Å². The van der Waals surface area contributed by atoms with Crippen LogP contribution in [0.25, 0.3) is 5.82 Å². The molecule has 20 heavy (non-hydrogen) atoms. The van der Waals surface area contributed by atoms with Gasteiger partial charge in [-0.25, -0.2) is 9.97 Å². The molecule has 0 unspecified atom stereocenters. The Balaban J connectivity index is 2.15. The van der Waals surface area contributed by atoms with Crippen molar-refractivity contribution in [1.29, 1.82) is 0 Å². The Morgan fingerprint density at radius 3 is 2.45 bits per heavy atom. The minimum Gasteiger partial charge on any atom is -0.312 e. The summed E-state index contributed by atoms with van der Waals surface area (Å²) in [7, 11) is 0. The summed E-state index contributed by atoms with van der Waals surface area (Å²) in [5.74, 6) is 3.11. The Kier molecular flexibility index (Phi) is 4.49. The second-order valence-electron chi connectivity index (χ2n) is 5.56. The SMILES string of the molecule is Cc1nc(C)n(-c2ccc(CNCC(C)C)c(C)n2)n1. The molecular weight excluding hydrogens is 250 g/mol. The second-order valence-corrected chi connectivity index (χ2v) is 5.56. The highest BCUT2D eigenvalue weighted by molar-refractivity contribution is 5.30. The molecule has 0 aliphatic rings. The van der Waals surface area contributed by atoms with Crippen molar-refractivity contribution in [2.45, 2.75) is 41.2 Å². The molecule has 0 aliphatic heterocycles. The summed E-state index contributed by atoms with van der Waals surface area (Å²) in [5.41, 5.74) is 2.26. The van der Waals surface area contributed by atoms with Crippen molar-refractivity contribution in [1.82, 2.24) is 25.1 Å². The van der Waals surface area contributed by atoms with Crippen molar-refractivity contribution in [2.24, 2.45) is 5.92 Å². The maximum atomic E-state index is 4.64. The lowest BCUT2D eigenvalue weighted by Crippen LogP contribution is -2.20. The topological polar surface area (TPSA) is 55.6 Å². The molecule has 2 heterocycles. The van der Waals surface area contributed by atoms with Crippen molar-refractivity contribution in [3.8, 4) is 5.82 Å². The molecule has 0 bridgehead atoms. The van der Waals surface area contributed by atoms with Gasteiger partial charge >= 0.3 is 0 Å². The van der Waals surface area contributed by atoms with Crippen LogP contribution in [0.3, 0.4) is 0 Å². The van der Waals surface area contributed by atoms with Crippen molar-refractivity contribution >= 4 is 0 Å². The quantitative estimate of drug-likeness (QED) is 0.908. The largest absolute Gasteiger partial charge is 0.312 e. The first-order chi connectivity index (χ1) is 9.47. The lowest BCUT2D eigenvalue weighted by molar-refractivity contribution is 0.550. The Bertz CT molecular complexity index is 586. The van der Waals surface area contributed by atoms with E-state index in [-0.39, 0.29) is 0 Å². The molecule has 0 amide bonds. The van der Waals surface area contributed by atoms with Crippen molar-refractivity contribution in [2.75, 3.05) is 6.54 Å². The third kappa shape index (κ3) is 3.42. The molecule has 0 radical (unpaired) electrons. The highest BCUT2D eigenvalue weighted by atomic mass is 15.4. The van der Waals surface area contributed by atoms with Gasteiger partial charge in [0.1, 0.15) is 11.6 Å². The van der Waals surface area contributed by atoms with Crippen LogP contribution in [-0.4, -0.2) is 26.3 Å². The first kappa shape index (κ1) is 14.7. The van der Waals surface area contributed by atoms with E-state index in [2.05, 4.69) is 40.3 Å². The zero-order chi connectivity index (χ0) is 14.7. The van der Waals surface area contributed by atoms with Crippen LogP contribution in [-0.2, 0) is 6.54 Å². The number of pyridine rings is 1. The van der Waals surface area contributed by atoms with Gasteiger partial charge in [0.25, 0.3) is 0 Å². The van der Waals surface area contributed by atoms with Crippen molar-refractivity contribution in [3.63, 3.8) is 0 Å². The van der Waals surface area contributed by atoms with E-state index in [0.717, 1.165) is 36.3 Å². The molecule has 2 rings (SSSR count). The fourth-order valence-electron chi connectivity index (χ4n) is 2.11. The highest BCUT2D eigenvalue weighted by Crippen LogP contribution is 2.11. The molecule has 0 saturated heterocycles. The van der Waals surface area contributed by atoms with E-state index in [0.29, 0.717) is 5.92 Å². The number of hydrogen-bond donors (Lipinski definition) is 1. The van der Waals surface area contributed by atoms with Crippen LogP contribution in [0.5, 0.6) is 0 Å². The third-order valence-corrected chi connectivity index (χ3v) is 3.14. The number of nitrogens with one attached hydrogen (secondary N) is 1. The fourth-order valence-corrected chi connectivity index (χ4v) is 2.11. The molecular formula is C15H23N5. The van der Waals surface area contributed by atoms with E-state index < -0.39 is 0 Å². The molecule has 0 spiro atoms. The maximum absolute atomic E-state index is 4.64. The molecule has 108 valence electrons. The standard InChI is InChI=1S/C15H23N5/c1-10(2)8-16-9-14-6-7-15(17-11(14)3)20-13(5)18-12(4)19-20/h6-7,10,16H,8-9H2,1-5H3. The lowest BCUT2D eigenvalue weighted by atomic mass is 10.2. The maximum Gasteiger partial charge on any atom is 0.155 e. The van der Waals surface area contributed by atoms with E-state index in [1.807, 2.05) is 26.8 Å². The first-order valence-electron chi connectivity index (χ1n) is 7.05. The average molecular weight is 273 g/mol. The van der Waals surface area contributed by atoms with Crippen molar-refractivity contribution < 1.29 is 0 Å². The Hall–Kier alpha value is -1.75. The minimum atomic E-state index is 0.656. The Labute approximate surface area is 120 Å². The van der Waals surface area contributed by atoms with Crippen LogP contribution in [0, 0.1) is 26.7 Å². The zero-order valence-electron chi connectivity index (χ0n) is 12.9. The molecule has 0 saturated carbocycles. The van der Waals surface area contributed by atoms with Gasteiger partial charge in [0.15, 0.2) is 5.82 Å². The summed E-state index contributed by atoms with van der Waals surface area (Å²) in [4.78, 5) is 8.94. The van der Waals surface area contributed by atoms with Gasteiger partial charge in [-0.1, -0.05) is 19.9 Å². The molecule has 1 N–H and O–H groups in total. The monoisotopic (exact) mass is 273 g/mol. The smallest absolute Gasteiger partial charge is 0.155 e. The van der Waals surface area contributed by atoms with E-state index >= 15 is 0 Å². The third-order valence-electron chi connectivity index (χ3n) is 3.14. The molecule has 0 atom stereocenters. The number of nitrogens with zero attached hydrogens (tertiary/aromatic N) is 4. The molecule has 5 nitrogen and oxygen atoms in total. The van der Waals surface area contributed by atoms with E-state index in [4.69, 9.17) is 0 Å². The van der Waals surface area contributed by atoms with Gasteiger partial charge in [-0.15, -0.1) is 5.10 Å². The number of aromatic nitrogens is 4. The summed E-state index contributed by atoms with van der Waals surface area (Å²) >= 11 is 0. The van der Waals surface area contributed by atoms with Gasteiger partial charge in [-0.2, -0.15) is 4.68 Å². The number of rotatable bonds is 5. The minimum absolute atomic E-state index is 0.656. The molecule has 0 aromatic carbocycles. The zero-order valence-corrected chi connectivity index (χ0v) is 12.9. The molecule has 0 aliphatic carbocycles.